The van der Waals surface area contributed by atoms with Gasteiger partial charge in [0.15, 0.2) is 6.61 Å². The highest BCUT2D eigenvalue weighted by Crippen LogP contribution is 2.17. The van der Waals surface area contributed by atoms with Gasteiger partial charge in [0.2, 0.25) is 11.8 Å². The van der Waals surface area contributed by atoms with Gasteiger partial charge in [-0.15, -0.1) is 0 Å². The molecule has 0 saturated heterocycles. The van der Waals surface area contributed by atoms with Gasteiger partial charge in [0, 0.05) is 18.7 Å². The zero-order valence-corrected chi connectivity index (χ0v) is 15.8. The Labute approximate surface area is 166 Å². The number of nitrogens with one attached hydrogen (secondary N) is 1. The summed E-state index contributed by atoms with van der Waals surface area (Å²) in [6.07, 6.45) is -2.47. The third-order valence-electron chi connectivity index (χ3n) is 3.77. The van der Waals surface area contributed by atoms with Crippen molar-refractivity contribution in [2.24, 2.45) is 0 Å². The second kappa shape index (κ2) is 10.4. The van der Waals surface area contributed by atoms with Crippen LogP contribution in [0.3, 0.4) is 0 Å². The van der Waals surface area contributed by atoms with E-state index in [-0.39, 0.29) is 30.5 Å². The Morgan fingerprint density at radius 1 is 1.10 bits per heavy atom. The number of hydrogen-bond acceptors (Lipinski definition) is 5. The van der Waals surface area contributed by atoms with Crippen LogP contribution >= 0.6 is 0 Å². The molecule has 1 heterocycles. The van der Waals surface area contributed by atoms with Crippen molar-refractivity contribution in [1.29, 1.82) is 0 Å². The predicted octanol–water partition coefficient (Wildman–Crippen LogP) is 3.24. The number of alkyl halides is 3. The fourth-order valence-electron chi connectivity index (χ4n) is 2.26. The van der Waals surface area contributed by atoms with Crippen LogP contribution in [0.4, 0.5) is 13.2 Å². The van der Waals surface area contributed by atoms with Gasteiger partial charge in [-0.2, -0.15) is 13.2 Å². The maximum Gasteiger partial charge on any atom is 0.422 e. The lowest BCUT2D eigenvalue weighted by Crippen LogP contribution is -2.28. The fourth-order valence-corrected chi connectivity index (χ4v) is 2.26. The molecular weight excluding hydrogens is 389 g/mol. The van der Waals surface area contributed by atoms with Gasteiger partial charge in [0.1, 0.15) is 6.61 Å². The molecule has 1 aromatic heterocycles. The summed E-state index contributed by atoms with van der Waals surface area (Å²) in [4.78, 5) is 27.3. The lowest BCUT2D eigenvalue weighted by molar-refractivity contribution is -0.154. The van der Waals surface area contributed by atoms with Crippen molar-refractivity contribution in [3.05, 3.63) is 59.3 Å². The molecule has 156 valence electrons. The van der Waals surface area contributed by atoms with Crippen LogP contribution in [0.1, 0.15) is 27.9 Å². The summed E-state index contributed by atoms with van der Waals surface area (Å²) in [7, 11) is 0. The Morgan fingerprint density at radius 3 is 2.45 bits per heavy atom. The van der Waals surface area contributed by atoms with Gasteiger partial charge in [0.25, 0.3) is 0 Å². The number of aryl methyl sites for hydroxylation is 2. The van der Waals surface area contributed by atoms with Gasteiger partial charge in [-0.05, 0) is 25.0 Å². The normalized spacial score (nSPS) is 11.0. The van der Waals surface area contributed by atoms with E-state index in [1.54, 1.807) is 0 Å². The summed E-state index contributed by atoms with van der Waals surface area (Å²) in [6, 6.07) is 10.3. The summed E-state index contributed by atoms with van der Waals surface area (Å²) in [5, 5.41) is 2.65. The quantitative estimate of drug-likeness (QED) is 0.507. The maximum absolute atomic E-state index is 12.1. The molecular formula is C20H21F3N2O4. The Balaban J connectivity index is 1.64. The SMILES string of the molecule is Cc1ccc(CCC(=O)NCCOC(=O)c2ccc(OCC(F)(F)F)nc2)cc1. The number of amides is 1. The molecule has 9 heteroatoms. The van der Waals surface area contributed by atoms with E-state index in [2.05, 4.69) is 15.0 Å². The minimum Gasteiger partial charge on any atom is -0.468 e. The number of benzene rings is 1. The van der Waals surface area contributed by atoms with E-state index in [0.29, 0.717) is 12.8 Å². The molecule has 0 bridgehead atoms. The van der Waals surface area contributed by atoms with Crippen molar-refractivity contribution < 1.29 is 32.2 Å². The summed E-state index contributed by atoms with van der Waals surface area (Å²) >= 11 is 0. The molecule has 0 radical (unpaired) electrons. The highest BCUT2D eigenvalue weighted by Gasteiger charge is 2.28. The number of hydrogen-bond donors (Lipinski definition) is 1. The Morgan fingerprint density at radius 2 is 1.83 bits per heavy atom. The van der Waals surface area contributed by atoms with Crippen molar-refractivity contribution >= 4 is 11.9 Å². The van der Waals surface area contributed by atoms with Gasteiger partial charge >= 0.3 is 12.1 Å². The van der Waals surface area contributed by atoms with Gasteiger partial charge in [-0.25, -0.2) is 9.78 Å². The van der Waals surface area contributed by atoms with E-state index < -0.39 is 18.8 Å². The number of pyridine rings is 1. The Hall–Kier alpha value is -3.10. The molecule has 0 spiro atoms. The molecule has 2 rings (SSSR count). The van der Waals surface area contributed by atoms with Crippen LogP contribution in [0.25, 0.3) is 0 Å². The van der Waals surface area contributed by atoms with Crippen molar-refractivity contribution in [2.75, 3.05) is 19.8 Å². The van der Waals surface area contributed by atoms with Crippen LogP contribution in [0, 0.1) is 6.92 Å². The Bertz CT molecular complexity index is 806. The minimum absolute atomic E-state index is 0.0402. The van der Waals surface area contributed by atoms with Crippen molar-refractivity contribution in [3.8, 4) is 5.88 Å². The molecule has 0 unspecified atom stereocenters. The number of nitrogens with zero attached hydrogens (tertiary/aromatic N) is 1. The van der Waals surface area contributed by atoms with Gasteiger partial charge < -0.3 is 14.8 Å². The molecule has 0 aliphatic carbocycles. The predicted molar refractivity (Wildman–Crippen MR) is 98.6 cm³/mol. The van der Waals surface area contributed by atoms with Crippen molar-refractivity contribution in [2.45, 2.75) is 25.9 Å². The van der Waals surface area contributed by atoms with Crippen molar-refractivity contribution in [1.82, 2.24) is 10.3 Å². The first-order valence-electron chi connectivity index (χ1n) is 8.88. The molecule has 2 aromatic rings. The van der Waals surface area contributed by atoms with E-state index in [9.17, 15) is 22.8 Å². The highest BCUT2D eigenvalue weighted by molar-refractivity contribution is 5.89. The summed E-state index contributed by atoms with van der Waals surface area (Å²) in [6.45, 7) is 0.636. The highest BCUT2D eigenvalue weighted by atomic mass is 19.4. The molecule has 6 nitrogen and oxygen atoms in total. The molecule has 29 heavy (non-hydrogen) atoms. The topological polar surface area (TPSA) is 77.5 Å². The average molecular weight is 410 g/mol. The number of aromatic nitrogens is 1. The first-order chi connectivity index (χ1) is 13.7. The van der Waals surface area contributed by atoms with E-state index >= 15 is 0 Å². The van der Waals surface area contributed by atoms with E-state index in [1.165, 1.54) is 6.07 Å². The number of halogens is 3. The molecule has 0 saturated carbocycles. The summed E-state index contributed by atoms with van der Waals surface area (Å²) in [5.74, 6) is -1.11. The Kier molecular flexibility index (Phi) is 7.99. The van der Waals surface area contributed by atoms with Gasteiger partial charge in [-0.1, -0.05) is 29.8 Å². The zero-order chi connectivity index (χ0) is 21.3. The molecule has 0 atom stereocenters. The third-order valence-corrected chi connectivity index (χ3v) is 3.77. The average Bonchev–Trinajstić information content (AvgIpc) is 2.69. The van der Waals surface area contributed by atoms with Crippen LogP contribution in [0.15, 0.2) is 42.6 Å². The smallest absolute Gasteiger partial charge is 0.422 e. The van der Waals surface area contributed by atoms with Crippen LogP contribution in [0.2, 0.25) is 0 Å². The lowest BCUT2D eigenvalue weighted by atomic mass is 10.1. The minimum atomic E-state index is -4.47. The summed E-state index contributed by atoms with van der Waals surface area (Å²) in [5.41, 5.74) is 2.28. The van der Waals surface area contributed by atoms with Crippen LogP contribution < -0.4 is 10.1 Å². The third kappa shape index (κ3) is 8.63. The van der Waals surface area contributed by atoms with Gasteiger partial charge in [0.05, 0.1) is 12.1 Å². The number of ether oxygens (including phenoxy) is 2. The lowest BCUT2D eigenvalue weighted by Gasteiger charge is -2.09. The zero-order valence-electron chi connectivity index (χ0n) is 15.8. The second-order valence-electron chi connectivity index (χ2n) is 6.26. The maximum atomic E-state index is 12.1. The number of rotatable bonds is 9. The van der Waals surface area contributed by atoms with E-state index in [0.717, 1.165) is 23.4 Å². The fraction of sp³-hybridized carbons (Fsp3) is 0.350. The molecule has 1 aromatic carbocycles. The van der Waals surface area contributed by atoms with Gasteiger partial charge in [-0.3, -0.25) is 4.79 Å². The molecule has 0 aliphatic rings. The largest absolute Gasteiger partial charge is 0.468 e. The van der Waals surface area contributed by atoms with Crippen LogP contribution in [0.5, 0.6) is 5.88 Å². The summed E-state index contributed by atoms with van der Waals surface area (Å²) < 4.78 is 45.7. The molecule has 0 aliphatic heterocycles. The van der Waals surface area contributed by atoms with E-state index in [4.69, 9.17) is 4.74 Å². The first kappa shape index (κ1) is 22.2. The van der Waals surface area contributed by atoms with Crippen molar-refractivity contribution in [3.63, 3.8) is 0 Å². The monoisotopic (exact) mass is 410 g/mol. The molecule has 1 amide bonds. The number of carbonyl (C=O) groups is 2. The molecule has 0 fully saturated rings. The van der Waals surface area contributed by atoms with Crippen LogP contribution in [-0.4, -0.2) is 42.8 Å². The molecule has 1 N–H and O–H groups in total. The number of carbonyl (C=O) groups excluding carboxylic acids is 2. The number of esters is 1. The first-order valence-corrected chi connectivity index (χ1v) is 8.88. The second-order valence-corrected chi connectivity index (χ2v) is 6.26. The van der Waals surface area contributed by atoms with Crippen LogP contribution in [-0.2, 0) is 16.0 Å². The standard InChI is InChI=1S/C20H21F3N2O4/c1-14-2-4-15(5-3-14)6-8-17(26)24-10-11-28-19(27)16-7-9-18(25-12-16)29-13-20(21,22)23/h2-5,7,9,12H,6,8,10-11,13H2,1H3,(H,24,26). The van der Waals surface area contributed by atoms with E-state index in [1.807, 2.05) is 31.2 Å².